The summed E-state index contributed by atoms with van der Waals surface area (Å²) in [5.74, 6) is 0. The Morgan fingerprint density at radius 2 is 2.44 bits per heavy atom. The molecule has 0 radical (unpaired) electrons. The van der Waals surface area contributed by atoms with E-state index in [9.17, 15) is 0 Å². The van der Waals surface area contributed by atoms with Crippen LogP contribution in [0.4, 0.5) is 0 Å². The Kier molecular flexibility index (Phi) is 3.14. The Morgan fingerprint density at radius 3 is 2.78 bits per heavy atom. The van der Waals surface area contributed by atoms with Gasteiger partial charge in [-0.15, -0.1) is 0 Å². The molecule has 0 aromatic rings. The maximum atomic E-state index is 8.09. The normalized spacial score (nSPS) is 10.4. The molecule has 3 N–H and O–H groups in total. The van der Waals surface area contributed by atoms with Crippen LogP contribution in [0.25, 0.3) is 0 Å². The van der Waals surface area contributed by atoms with Gasteiger partial charge in [0.05, 0.1) is 12.5 Å². The van der Waals surface area contributed by atoms with Crippen LogP contribution in [0.5, 0.6) is 0 Å². The number of rotatable bonds is 2. The summed E-state index contributed by atoms with van der Waals surface area (Å²) in [4.78, 5) is 0. The van der Waals surface area contributed by atoms with Crippen LogP contribution >= 0.6 is 0 Å². The average Bonchev–Trinajstić information content (AvgIpc) is 1.63. The van der Waals surface area contributed by atoms with Crippen molar-refractivity contribution in [2.24, 2.45) is 5.73 Å². The van der Waals surface area contributed by atoms with Gasteiger partial charge in [0.15, 0.2) is 0 Å². The number of allylic oxidation sites excluding steroid dienone is 2. The van der Waals surface area contributed by atoms with Gasteiger partial charge in [0, 0.05) is 11.4 Å². The Hall–Kier alpha value is -1.30. The van der Waals surface area contributed by atoms with Gasteiger partial charge in [-0.25, -0.2) is 0 Å². The van der Waals surface area contributed by atoms with E-state index in [1.165, 1.54) is 6.08 Å². The van der Waals surface area contributed by atoms with Crippen molar-refractivity contribution in [3.63, 3.8) is 0 Å². The molecule has 0 aliphatic carbocycles. The molecule has 0 aromatic carbocycles. The summed E-state index contributed by atoms with van der Waals surface area (Å²) < 4.78 is 0. The fourth-order valence-electron chi connectivity index (χ4n) is 0.411. The number of hydrogen-bond donors (Lipinski definition) is 2. The number of hydrogen-bond acceptors (Lipinski definition) is 3. The van der Waals surface area contributed by atoms with Crippen molar-refractivity contribution in [3.8, 4) is 6.07 Å². The van der Waals surface area contributed by atoms with Crippen molar-refractivity contribution in [1.29, 1.82) is 10.7 Å². The van der Waals surface area contributed by atoms with Crippen molar-refractivity contribution in [1.82, 2.24) is 0 Å². The van der Waals surface area contributed by atoms with Crippen LogP contribution in [-0.4, -0.2) is 5.71 Å². The van der Waals surface area contributed by atoms with Crippen molar-refractivity contribution < 1.29 is 0 Å². The highest BCUT2D eigenvalue weighted by Crippen LogP contribution is 1.86. The summed E-state index contributed by atoms with van der Waals surface area (Å²) in [6, 6.07) is 1.85. The Labute approximate surface area is 54.3 Å². The summed E-state index contributed by atoms with van der Waals surface area (Å²) in [7, 11) is 0. The molecule has 0 rings (SSSR count). The molecule has 0 bridgehead atoms. The van der Waals surface area contributed by atoms with Gasteiger partial charge in [0.1, 0.15) is 0 Å². The van der Waals surface area contributed by atoms with E-state index in [0.717, 1.165) is 0 Å². The first kappa shape index (κ1) is 7.70. The summed E-state index contributed by atoms with van der Waals surface area (Å²) in [6.07, 6.45) is 1.61. The van der Waals surface area contributed by atoms with Crippen LogP contribution in [0.2, 0.25) is 0 Å². The molecule has 9 heavy (non-hydrogen) atoms. The maximum Gasteiger partial charge on any atom is 0.0768 e. The summed E-state index contributed by atoms with van der Waals surface area (Å²) >= 11 is 0. The zero-order valence-electron chi connectivity index (χ0n) is 5.31. The van der Waals surface area contributed by atoms with Gasteiger partial charge < -0.3 is 11.1 Å². The minimum atomic E-state index is 0.133. The lowest BCUT2D eigenvalue weighted by atomic mass is 10.2. The molecule has 0 spiro atoms. The van der Waals surface area contributed by atoms with Crippen LogP contribution in [0.1, 0.15) is 13.3 Å². The molecule has 0 saturated carbocycles. The SMILES string of the molecule is C/C(N)=C/C(=N)CC#N. The number of nitrogens with one attached hydrogen (secondary N) is 1. The molecule has 0 fully saturated rings. The average molecular weight is 123 g/mol. The Balaban J connectivity index is 3.81. The number of nitriles is 1. The molecule has 0 unspecified atom stereocenters. The van der Waals surface area contributed by atoms with Gasteiger partial charge in [-0.2, -0.15) is 5.26 Å². The fourth-order valence-corrected chi connectivity index (χ4v) is 0.411. The van der Waals surface area contributed by atoms with Gasteiger partial charge in [-0.3, -0.25) is 0 Å². The molecule has 0 amide bonds. The van der Waals surface area contributed by atoms with Gasteiger partial charge in [-0.1, -0.05) is 0 Å². The van der Waals surface area contributed by atoms with Gasteiger partial charge in [0.25, 0.3) is 0 Å². The van der Waals surface area contributed by atoms with Crippen LogP contribution in [0.3, 0.4) is 0 Å². The van der Waals surface area contributed by atoms with E-state index in [0.29, 0.717) is 5.70 Å². The lowest BCUT2D eigenvalue weighted by molar-refractivity contribution is 1.29. The molecule has 0 aliphatic heterocycles. The van der Waals surface area contributed by atoms with Crippen molar-refractivity contribution in [3.05, 3.63) is 11.8 Å². The van der Waals surface area contributed by atoms with E-state index in [1.807, 2.05) is 6.07 Å². The molecule has 3 heteroatoms. The number of nitrogens with two attached hydrogens (primary N) is 1. The molecule has 48 valence electrons. The summed E-state index contributed by atoms with van der Waals surface area (Å²) in [5.41, 5.74) is 6.06. The quantitative estimate of drug-likeness (QED) is 0.532. The number of nitrogens with zero attached hydrogens (tertiary/aromatic N) is 1. The van der Waals surface area contributed by atoms with Crippen molar-refractivity contribution in [2.45, 2.75) is 13.3 Å². The van der Waals surface area contributed by atoms with Gasteiger partial charge in [-0.05, 0) is 13.0 Å². The minimum Gasteiger partial charge on any atom is -0.402 e. The van der Waals surface area contributed by atoms with Crippen LogP contribution in [0, 0.1) is 16.7 Å². The van der Waals surface area contributed by atoms with Gasteiger partial charge >= 0.3 is 0 Å². The molecule has 0 aliphatic rings. The maximum absolute atomic E-state index is 8.09. The predicted octanol–water partition coefficient (Wildman–Crippen LogP) is 0.782. The molecular formula is C6H9N3. The second kappa shape index (κ2) is 3.67. The van der Waals surface area contributed by atoms with E-state index in [1.54, 1.807) is 6.92 Å². The second-order valence-corrected chi connectivity index (χ2v) is 1.75. The molecular weight excluding hydrogens is 114 g/mol. The zero-order chi connectivity index (χ0) is 7.28. The van der Waals surface area contributed by atoms with E-state index < -0.39 is 0 Å². The predicted molar refractivity (Wildman–Crippen MR) is 35.9 cm³/mol. The first-order valence-electron chi connectivity index (χ1n) is 2.55. The summed E-state index contributed by atoms with van der Waals surface area (Å²) in [6.45, 7) is 1.69. The topological polar surface area (TPSA) is 73.7 Å². The van der Waals surface area contributed by atoms with E-state index in [-0.39, 0.29) is 12.1 Å². The summed E-state index contributed by atoms with van der Waals surface area (Å²) in [5, 5.41) is 15.1. The Bertz CT molecular complexity index is 169. The second-order valence-electron chi connectivity index (χ2n) is 1.75. The van der Waals surface area contributed by atoms with Crippen LogP contribution in [-0.2, 0) is 0 Å². The molecule has 0 aromatic heterocycles. The van der Waals surface area contributed by atoms with E-state index in [4.69, 9.17) is 16.4 Å². The third kappa shape index (κ3) is 4.56. The van der Waals surface area contributed by atoms with Crippen molar-refractivity contribution >= 4 is 5.71 Å². The van der Waals surface area contributed by atoms with E-state index >= 15 is 0 Å². The third-order valence-corrected chi connectivity index (χ3v) is 0.671. The lowest BCUT2D eigenvalue weighted by Crippen LogP contribution is -1.96. The third-order valence-electron chi connectivity index (χ3n) is 0.671. The molecule has 0 atom stereocenters. The smallest absolute Gasteiger partial charge is 0.0768 e. The lowest BCUT2D eigenvalue weighted by Gasteiger charge is -1.88. The first-order valence-corrected chi connectivity index (χ1v) is 2.55. The van der Waals surface area contributed by atoms with E-state index in [2.05, 4.69) is 0 Å². The molecule has 0 saturated heterocycles. The molecule has 0 heterocycles. The highest BCUT2D eigenvalue weighted by Gasteiger charge is 1.87. The minimum absolute atomic E-state index is 0.133. The highest BCUT2D eigenvalue weighted by atomic mass is 14.6. The standard InChI is InChI=1S/C6H9N3/c1-5(8)4-6(9)2-3-7/h4,9H,2,8H2,1H3/b5-4-,9-6?. The van der Waals surface area contributed by atoms with Crippen LogP contribution < -0.4 is 5.73 Å². The largest absolute Gasteiger partial charge is 0.402 e. The van der Waals surface area contributed by atoms with Crippen LogP contribution in [0.15, 0.2) is 11.8 Å². The fraction of sp³-hybridized carbons (Fsp3) is 0.333. The van der Waals surface area contributed by atoms with Crippen molar-refractivity contribution in [2.75, 3.05) is 0 Å². The van der Waals surface area contributed by atoms with Gasteiger partial charge in [0.2, 0.25) is 0 Å². The first-order chi connectivity index (χ1) is 4.16. The highest BCUT2D eigenvalue weighted by molar-refractivity contribution is 5.94. The Morgan fingerprint density at radius 1 is 1.89 bits per heavy atom. The monoisotopic (exact) mass is 123 g/mol. The zero-order valence-corrected chi connectivity index (χ0v) is 5.31. The molecule has 3 nitrogen and oxygen atoms in total.